The second kappa shape index (κ2) is 5.95. The Kier molecular flexibility index (Phi) is 7.23. The van der Waals surface area contributed by atoms with Crippen LogP contribution in [-0.4, -0.2) is 61.9 Å². The van der Waals surface area contributed by atoms with Crippen LogP contribution in [0.2, 0.25) is 0 Å². The molecule has 0 aliphatic rings. The topological polar surface area (TPSA) is 27.7 Å². The van der Waals surface area contributed by atoms with Crippen LogP contribution in [0, 0.1) is 0 Å². The summed E-state index contributed by atoms with van der Waals surface area (Å²) >= 11 is 0. The van der Waals surface area contributed by atoms with Crippen molar-refractivity contribution in [3.05, 3.63) is 0 Å². The van der Waals surface area contributed by atoms with Crippen LogP contribution in [0.3, 0.4) is 0 Å². The molecular weight excluding hydrogens is 210 g/mol. The number of hydrogen-bond donors (Lipinski definition) is 0. The minimum Gasteiger partial charge on any atom is -1.00 e. The molecule has 0 aliphatic carbocycles. The van der Waals surface area contributed by atoms with Gasteiger partial charge in [-0.05, 0) is 0 Å². The molecule has 0 unspecified atom stereocenters. The second-order valence-corrected chi connectivity index (χ2v) is 6.65. The Labute approximate surface area is 88.1 Å². The van der Waals surface area contributed by atoms with Crippen LogP contribution in [-0.2, 0) is 13.3 Å². The minimum absolute atomic E-state index is 0. The van der Waals surface area contributed by atoms with Gasteiger partial charge in [0.05, 0.1) is 21.1 Å². The van der Waals surface area contributed by atoms with Gasteiger partial charge < -0.3 is 30.2 Å². The molecular formula is C7H20ClNO3Si. The fourth-order valence-electron chi connectivity index (χ4n) is 1.02. The van der Waals surface area contributed by atoms with Gasteiger partial charge in [-0.1, -0.05) is 0 Å². The molecule has 0 atom stereocenters. The average molecular weight is 230 g/mol. The molecule has 4 nitrogen and oxygen atoms in total. The Morgan fingerprint density at radius 3 is 1.31 bits per heavy atom. The summed E-state index contributed by atoms with van der Waals surface area (Å²) in [6.07, 6.45) is 0.774. The van der Waals surface area contributed by atoms with Gasteiger partial charge in [-0.25, -0.2) is 0 Å². The number of nitrogens with zero attached hydrogens (tertiary/aromatic N) is 1. The fourth-order valence-corrected chi connectivity index (χ4v) is 3.07. The van der Waals surface area contributed by atoms with Gasteiger partial charge in [0.25, 0.3) is 0 Å². The van der Waals surface area contributed by atoms with Crippen molar-refractivity contribution >= 4 is 8.80 Å². The second-order valence-electron chi connectivity index (χ2n) is 3.74. The number of rotatable bonds is 5. The van der Waals surface area contributed by atoms with Crippen LogP contribution in [0.1, 0.15) is 0 Å². The van der Waals surface area contributed by atoms with Crippen molar-refractivity contribution in [2.75, 3.05) is 48.6 Å². The molecule has 0 aromatic heterocycles. The van der Waals surface area contributed by atoms with E-state index in [1.807, 2.05) is 0 Å². The van der Waals surface area contributed by atoms with Crippen LogP contribution in [0.15, 0.2) is 0 Å². The molecule has 0 rings (SSSR count). The van der Waals surface area contributed by atoms with E-state index in [4.69, 9.17) is 13.3 Å². The van der Waals surface area contributed by atoms with Crippen molar-refractivity contribution in [3.63, 3.8) is 0 Å². The van der Waals surface area contributed by atoms with Crippen molar-refractivity contribution in [1.29, 1.82) is 0 Å². The van der Waals surface area contributed by atoms with Crippen molar-refractivity contribution in [1.82, 2.24) is 0 Å². The number of quaternary nitrogens is 1. The van der Waals surface area contributed by atoms with Crippen molar-refractivity contribution in [3.8, 4) is 0 Å². The van der Waals surface area contributed by atoms with Gasteiger partial charge in [-0.2, -0.15) is 0 Å². The summed E-state index contributed by atoms with van der Waals surface area (Å²) in [5, 5.41) is 0. The highest BCUT2D eigenvalue weighted by Gasteiger charge is 2.44. The fraction of sp³-hybridized carbons (Fsp3) is 1.00. The third-order valence-electron chi connectivity index (χ3n) is 1.60. The van der Waals surface area contributed by atoms with E-state index >= 15 is 0 Å². The maximum atomic E-state index is 5.29. The van der Waals surface area contributed by atoms with E-state index in [1.54, 1.807) is 21.3 Å². The zero-order valence-electron chi connectivity index (χ0n) is 9.26. The van der Waals surface area contributed by atoms with E-state index in [1.165, 1.54) is 0 Å². The quantitative estimate of drug-likeness (QED) is 0.375. The normalized spacial score (nSPS) is 12.5. The molecule has 0 bridgehead atoms. The molecule has 0 N–H and O–H groups in total. The monoisotopic (exact) mass is 229 g/mol. The lowest BCUT2D eigenvalue weighted by molar-refractivity contribution is -0.862. The van der Waals surface area contributed by atoms with E-state index in [0.717, 1.165) is 10.7 Å². The largest absolute Gasteiger partial charge is 1.00 e. The third-order valence-corrected chi connectivity index (χ3v) is 4.80. The molecule has 0 amide bonds. The molecule has 0 aliphatic heterocycles. The first-order chi connectivity index (χ1) is 5.39. The van der Waals surface area contributed by atoms with Gasteiger partial charge in [-0.15, -0.1) is 0 Å². The molecule has 0 heterocycles. The third kappa shape index (κ3) is 5.61. The summed E-state index contributed by atoms with van der Waals surface area (Å²) < 4.78 is 16.7. The van der Waals surface area contributed by atoms with Crippen LogP contribution in [0.25, 0.3) is 0 Å². The predicted octanol–water partition coefficient (Wildman–Crippen LogP) is -2.89. The summed E-state index contributed by atoms with van der Waals surface area (Å²) in [5.41, 5.74) is 0. The first-order valence-electron chi connectivity index (χ1n) is 3.85. The average Bonchev–Trinajstić information content (AvgIpc) is 1.99. The van der Waals surface area contributed by atoms with Gasteiger partial charge >= 0.3 is 8.80 Å². The lowest BCUT2D eigenvalue weighted by Gasteiger charge is -2.32. The van der Waals surface area contributed by atoms with Gasteiger partial charge in [0.15, 0.2) is 0 Å². The van der Waals surface area contributed by atoms with Gasteiger partial charge in [-0.3, -0.25) is 0 Å². The van der Waals surface area contributed by atoms with E-state index in [2.05, 4.69) is 21.1 Å². The standard InChI is InChI=1S/C7H20NO3Si.ClH/c1-8(2,3)7-12(9-4,10-5)11-6;/h7H2,1-6H3;1H/q+1;/p-1. The molecule has 82 valence electrons. The van der Waals surface area contributed by atoms with E-state index in [9.17, 15) is 0 Å². The Hall–Kier alpha value is 0.347. The highest BCUT2D eigenvalue weighted by molar-refractivity contribution is 6.60. The first kappa shape index (κ1) is 15.8. The zero-order valence-corrected chi connectivity index (χ0v) is 11.0. The maximum absolute atomic E-state index is 5.29. The molecule has 0 saturated carbocycles. The van der Waals surface area contributed by atoms with Gasteiger partial charge in [0.1, 0.15) is 6.17 Å². The number of halogens is 1. The smallest absolute Gasteiger partial charge is 0.558 e. The van der Waals surface area contributed by atoms with Crippen LogP contribution in [0.4, 0.5) is 0 Å². The molecule has 0 aromatic rings. The Bertz CT molecular complexity index is 128. The lowest BCUT2D eigenvalue weighted by atomic mass is 10.8. The summed E-state index contributed by atoms with van der Waals surface area (Å²) in [6, 6.07) is 0. The van der Waals surface area contributed by atoms with Gasteiger partial charge in [0.2, 0.25) is 0 Å². The minimum atomic E-state index is -2.38. The van der Waals surface area contributed by atoms with E-state index in [-0.39, 0.29) is 12.4 Å². The summed E-state index contributed by atoms with van der Waals surface area (Å²) in [6.45, 7) is 0. The van der Waals surface area contributed by atoms with Crippen LogP contribution in [0.5, 0.6) is 0 Å². The molecule has 6 heteroatoms. The van der Waals surface area contributed by atoms with E-state index < -0.39 is 8.80 Å². The van der Waals surface area contributed by atoms with Crippen LogP contribution >= 0.6 is 0 Å². The first-order valence-corrected chi connectivity index (χ1v) is 5.78. The summed E-state index contributed by atoms with van der Waals surface area (Å²) in [4.78, 5) is 0. The predicted molar refractivity (Wildman–Crippen MR) is 49.7 cm³/mol. The van der Waals surface area contributed by atoms with Crippen LogP contribution < -0.4 is 12.4 Å². The van der Waals surface area contributed by atoms with Crippen molar-refractivity contribution in [2.45, 2.75) is 0 Å². The molecule has 0 aromatic carbocycles. The van der Waals surface area contributed by atoms with Gasteiger partial charge in [0, 0.05) is 21.3 Å². The Balaban J connectivity index is 0. The number of hydrogen-bond acceptors (Lipinski definition) is 3. The molecule has 13 heavy (non-hydrogen) atoms. The lowest BCUT2D eigenvalue weighted by Crippen LogP contribution is -3.00. The molecule has 0 fully saturated rings. The Morgan fingerprint density at radius 2 is 1.23 bits per heavy atom. The summed E-state index contributed by atoms with van der Waals surface area (Å²) in [5.74, 6) is 0. The molecule has 0 radical (unpaired) electrons. The molecule has 0 spiro atoms. The van der Waals surface area contributed by atoms with Crippen molar-refractivity contribution < 1.29 is 30.2 Å². The molecule has 0 saturated heterocycles. The van der Waals surface area contributed by atoms with Crippen molar-refractivity contribution in [2.24, 2.45) is 0 Å². The Morgan fingerprint density at radius 1 is 0.923 bits per heavy atom. The maximum Gasteiger partial charge on any atom is 0.558 e. The highest BCUT2D eigenvalue weighted by Crippen LogP contribution is 2.09. The summed E-state index contributed by atoms with van der Waals surface area (Å²) in [7, 11) is 8.77. The SMILES string of the molecule is CO[Si](C[N+](C)(C)C)(OC)OC.[Cl-]. The van der Waals surface area contributed by atoms with E-state index in [0.29, 0.717) is 0 Å². The highest BCUT2D eigenvalue weighted by atomic mass is 35.5. The zero-order chi connectivity index (χ0) is 9.83.